The van der Waals surface area contributed by atoms with Crippen LogP contribution in [-0.2, 0) is 43.4 Å². The minimum atomic E-state index is -0.352. The maximum atomic E-state index is 10.9. The summed E-state index contributed by atoms with van der Waals surface area (Å²) in [5.41, 5.74) is 14.7. The number of primary amides is 1. The molecule has 6 heterocycles. The number of Topliss-reactive ketones (excluding diaryl/α,β-unsaturated/α-hetero) is 2. The number of carbonyl (C=O) groups excluding carboxylic acids is 6. The Hall–Kier alpha value is -1.16. The van der Waals surface area contributed by atoms with Crippen LogP contribution in [0.5, 0.6) is 0 Å². The third kappa shape index (κ3) is 19.9. The monoisotopic (exact) mass is 1700 g/mol. The Morgan fingerprint density at radius 2 is 0.956 bits per heavy atom. The number of nitrogens with two attached hydrogens (primary N) is 2. The quantitative estimate of drug-likeness (QED) is 0.0148. The van der Waals surface area contributed by atoms with Crippen LogP contribution in [0.1, 0.15) is 194 Å². The van der Waals surface area contributed by atoms with Crippen molar-refractivity contribution in [1.29, 1.82) is 10.7 Å². The highest BCUT2D eigenvalue weighted by atomic mass is 31.0. The van der Waals surface area contributed by atoms with Crippen molar-refractivity contribution in [1.82, 2.24) is 34.2 Å². The number of piperidine rings is 5. The van der Waals surface area contributed by atoms with Gasteiger partial charge in [-0.25, -0.2) is 10.1 Å². The second-order valence-electron chi connectivity index (χ2n) is 43.3. The van der Waals surface area contributed by atoms with Crippen LogP contribution in [0.3, 0.4) is 0 Å². The zero-order chi connectivity index (χ0) is 86.6. The number of hydrogen-bond acceptors (Lipinski definition) is 22. The smallest absolute Gasteiger partial charge is 0.318 e. The number of aldehydes is 1. The number of amides is 1. The summed E-state index contributed by atoms with van der Waals surface area (Å²) in [6, 6.07) is 5.29. The first-order valence-corrected chi connectivity index (χ1v) is 44.9. The number of nitriles is 1. The summed E-state index contributed by atoms with van der Waals surface area (Å²) in [7, 11) is 16.0. The Bertz CT molecular complexity index is 3370. The highest BCUT2D eigenvalue weighted by molar-refractivity contribution is 7.14. The van der Waals surface area contributed by atoms with Crippen molar-refractivity contribution in [2.45, 2.75) is 230 Å². The number of rotatable bonds is 14. The Labute approximate surface area is 694 Å². The average Bonchev–Trinajstić information content (AvgIpc) is 1.55. The van der Waals surface area contributed by atoms with Crippen LogP contribution >= 0.6 is 56.3 Å². The first-order valence-electron chi connectivity index (χ1n) is 41.7. The van der Waals surface area contributed by atoms with Crippen LogP contribution in [0.15, 0.2) is 0 Å². The third-order valence-corrected chi connectivity index (χ3v) is 36.1. The summed E-state index contributed by atoms with van der Waals surface area (Å²) in [6.45, 7) is 69.3. The van der Waals surface area contributed by atoms with Crippen LogP contribution in [0.4, 0.5) is 0 Å². The van der Waals surface area contributed by atoms with Crippen LogP contribution < -0.4 is 27.0 Å². The van der Waals surface area contributed by atoms with E-state index < -0.39 is 0 Å². The number of ether oxygens (including phenoxy) is 1. The average molecular weight is 1700 g/mol. The summed E-state index contributed by atoms with van der Waals surface area (Å²) < 4.78 is 13.5. The lowest BCUT2D eigenvalue weighted by Crippen LogP contribution is -2.33. The van der Waals surface area contributed by atoms with Gasteiger partial charge < -0.3 is 52.1 Å². The second kappa shape index (κ2) is 35.6. The summed E-state index contributed by atoms with van der Waals surface area (Å²) in [4.78, 5) is 69.1. The van der Waals surface area contributed by atoms with E-state index in [-0.39, 0.29) is 98.7 Å². The fourth-order valence-corrected chi connectivity index (χ4v) is 26.0. The first-order chi connectivity index (χ1) is 51.7. The molecule has 648 valence electrons. The Balaban J connectivity index is 0.000000172. The normalized spacial score (nSPS) is 42.0. The van der Waals surface area contributed by atoms with Crippen molar-refractivity contribution in [3.8, 4) is 6.07 Å². The number of esters is 2. The van der Waals surface area contributed by atoms with Crippen LogP contribution in [0.2, 0.25) is 0 Å². The number of nitrogens with one attached hydrogen (secondary N) is 4. The molecule has 0 aromatic rings. The van der Waals surface area contributed by atoms with Crippen molar-refractivity contribution >= 4 is 97.8 Å². The second-order valence-corrected chi connectivity index (χ2v) is 46.8. The van der Waals surface area contributed by atoms with Crippen molar-refractivity contribution in [3.63, 3.8) is 0 Å². The zero-order valence-corrected chi connectivity index (χ0v) is 81.0. The van der Waals surface area contributed by atoms with Gasteiger partial charge in [0.05, 0.1) is 35.8 Å². The first kappa shape index (κ1) is 98.9. The Kier molecular flexibility index (Phi) is 31.2. The fraction of sp³-hybridized carbons (Fsp3) is 0.905. The summed E-state index contributed by atoms with van der Waals surface area (Å²) >= 11 is 0. The topological polar surface area (TPSA) is 340 Å². The minimum absolute atomic E-state index is 0.0667. The molecule has 11 aliphatic carbocycles. The van der Waals surface area contributed by atoms with Gasteiger partial charge in [0.1, 0.15) is 30.0 Å². The van der Waals surface area contributed by atoms with Crippen molar-refractivity contribution in [2.75, 3.05) is 65.6 Å². The molecule has 17 fully saturated rings. The molecule has 33 atom stereocenters. The lowest BCUT2D eigenvalue weighted by atomic mass is 10.00. The molecule has 17 rings (SSSR count). The van der Waals surface area contributed by atoms with Gasteiger partial charge in [-0.3, -0.25) is 42.7 Å². The Morgan fingerprint density at radius 1 is 0.558 bits per heavy atom. The van der Waals surface area contributed by atoms with E-state index in [0.29, 0.717) is 92.7 Å². The van der Waals surface area contributed by atoms with E-state index in [0.717, 1.165) is 116 Å². The van der Waals surface area contributed by atoms with Crippen LogP contribution in [0.25, 0.3) is 0 Å². The van der Waals surface area contributed by atoms with Gasteiger partial charge in [0.2, 0.25) is 5.91 Å². The number of hydrogen-bond donors (Lipinski definition) is 9. The van der Waals surface area contributed by atoms with Gasteiger partial charge in [-0.15, -0.1) is 0 Å². The van der Waals surface area contributed by atoms with Gasteiger partial charge >= 0.3 is 11.9 Å². The molecule has 1 amide bonds. The molecule has 0 radical (unpaired) electrons. The predicted molar refractivity (Wildman–Crippen MR) is 468 cm³/mol. The number of cyclic esters (lactones) is 2. The molecule has 16 unspecified atom stereocenters. The molecule has 113 heavy (non-hydrogen) atoms. The molecule has 11 saturated carbocycles. The zero-order valence-electron chi connectivity index (χ0n) is 74.1. The highest BCUT2D eigenvalue weighted by Gasteiger charge is 2.73. The summed E-state index contributed by atoms with van der Waals surface area (Å²) in [5, 5.41) is 55.3. The molecule has 23 nitrogen and oxygen atoms in total. The molecule has 11 N–H and O–H groups in total. The van der Waals surface area contributed by atoms with Gasteiger partial charge in [-0.05, 0) is 198 Å². The third-order valence-electron chi connectivity index (χ3n) is 33.2. The molecule has 0 aromatic heterocycles. The van der Waals surface area contributed by atoms with E-state index in [2.05, 4.69) is 243 Å². The van der Waals surface area contributed by atoms with Gasteiger partial charge in [0, 0.05) is 93.6 Å². The molecule has 29 heteroatoms. The van der Waals surface area contributed by atoms with Crippen molar-refractivity contribution in [2.24, 2.45) is 195 Å². The molecule has 0 aromatic carbocycles. The maximum Gasteiger partial charge on any atom is 0.318 e. The number of carbonyl (C=O) groups is 6. The van der Waals surface area contributed by atoms with E-state index >= 15 is 0 Å². The van der Waals surface area contributed by atoms with E-state index in [9.17, 15) is 28.8 Å². The van der Waals surface area contributed by atoms with E-state index in [1.54, 1.807) is 0 Å². The summed E-state index contributed by atoms with van der Waals surface area (Å²) in [6.07, 6.45) is 0.775. The van der Waals surface area contributed by atoms with Crippen molar-refractivity contribution < 1.29 is 58.9 Å². The van der Waals surface area contributed by atoms with Gasteiger partial charge in [0.15, 0.2) is 0 Å². The highest BCUT2D eigenvalue weighted by Crippen LogP contribution is 2.70. The maximum absolute atomic E-state index is 10.9. The van der Waals surface area contributed by atoms with Gasteiger partial charge in [0.25, 0.3) is 0 Å². The van der Waals surface area contributed by atoms with E-state index in [1.165, 1.54) is 33.5 Å². The summed E-state index contributed by atoms with van der Waals surface area (Å²) in [5.74, 6) is 10.2. The Morgan fingerprint density at radius 3 is 1.19 bits per heavy atom. The number of aliphatic hydroxyl groups is 2. The lowest BCUT2D eigenvalue weighted by molar-refractivity contribution is -0.499. The molecule has 17 aliphatic rings. The van der Waals surface area contributed by atoms with Crippen molar-refractivity contribution in [3.05, 3.63) is 0 Å². The van der Waals surface area contributed by atoms with Gasteiger partial charge in [-0.2, -0.15) is 5.26 Å². The SMILES string of the molecule is CC(=N)[C@@H]1[C@@H]2C(CN1P)C2(C)C.CC(=O)[C@@H]1C(C(N)=O)C1(C)C.CC(=O)[C@@H]1C(OOO)C1(C)C.CC1(C)C(CN)[C@H]1CO.CC1(C)C(CNP)[C@H]1C=O.CC1(C)C(CNP)[C@H]1CO.CC1(C)C2CN(P)[C@H](C#N)[C@H]21.CC1(C)[C@@H]2C(=O)OC(=O)[C@@H]21.C[C@@H]1[C@@H]2C(CN1P)C2(C)C.C[C@@H]1[C@@H]2C(CN1P)C2(C)C.C[C@H]1NCC2[C@@H]1C2(C)C. The minimum Gasteiger partial charge on any atom is -0.396 e. The standard InChI is InChI=1S/C9H17N2P.C8H13N2P.C8H13NO2.2C8H16NP.C8H15N.C7H16NOP.C7H14NOP.C7H15NO.C7H12O4.C7H8O3/c1-5(10)8-7-6(4-11(8)12)9(7,2)3;1-8(2)5-4-10(11)6(3-9)7(5)8;1-4(10)5-6(7(9)11)8(5,2)3;2*1-5-7-6(4-9(5)10)8(7,2)3;1-5-7-6(4-9-5)8(7,2)3;2*1-7(2)5(3-8-10)6(7)4-9;1-7(2)5(3-8)6(7)4-9;1-4(8)5-6(10-11-9)7(5,2)3;1-7(2)3-4(7)6(9)10-5(3)8/h6-8,10H,4,12H2,1-3H3;5-7H,4,11H2,1-2H3;5-6H,1-3H3,(H2,9,11);2*5-7H,4,10H2,1-3H3;5-7,9H,4H2,1-3H3;5-6,8-9H,3-4,10H2,1-2H3;4-6,8H,3,10H2,1-2H3;5-6,9H,3-4,8H2,1-2H3;5-6,9H,1-3H3;3-4H,1-2H3/t6?,7-,8+;5?,6-,7+;5-,6?;3*5-,6?,7-;3*5?,6-;5-,6?;3-,4+/m0111111111./s1. The lowest BCUT2D eigenvalue weighted by Gasteiger charge is -2.25. The number of fused-ring (bicyclic) bond motifs is 6. The van der Waals surface area contributed by atoms with Crippen LogP contribution in [0, 0.1) is 201 Å². The fourth-order valence-electron chi connectivity index (χ4n) is 23.5. The molecular formula is C84H155N11O12P6. The van der Waals surface area contributed by atoms with E-state index in [1.807, 2.05) is 48.5 Å². The number of aliphatic hydroxyl groups excluding tert-OH is 2. The molecular weight excluding hydrogens is 1540 g/mol. The van der Waals surface area contributed by atoms with E-state index in [4.69, 9.17) is 37.6 Å². The molecule has 0 spiro atoms. The largest absolute Gasteiger partial charge is 0.396 e. The predicted octanol–water partition coefficient (Wildman–Crippen LogP) is 11.2. The van der Waals surface area contributed by atoms with Gasteiger partial charge in [-0.1, -0.05) is 214 Å². The number of ketones is 2. The molecule has 6 aliphatic heterocycles. The number of nitrogens with zero attached hydrogens (tertiary/aromatic N) is 5. The molecule has 6 saturated heterocycles. The molecule has 0 bridgehead atoms. The van der Waals surface area contributed by atoms with Crippen LogP contribution in [-0.4, -0.2) is 177 Å².